The maximum atomic E-state index is 13.1. The lowest BCUT2D eigenvalue weighted by atomic mass is 9.90. The van der Waals surface area contributed by atoms with Gasteiger partial charge in [-0.2, -0.15) is 0 Å². The third-order valence-corrected chi connectivity index (χ3v) is 7.01. The molecule has 0 aliphatic rings. The molecule has 0 aliphatic carbocycles. The summed E-state index contributed by atoms with van der Waals surface area (Å²) in [4.78, 5) is 41.8. The fourth-order valence-electron chi connectivity index (χ4n) is 5.00. The minimum Gasteiger partial charge on any atom is -0.493 e. The van der Waals surface area contributed by atoms with Crippen LogP contribution in [0.15, 0.2) is 77.7 Å². The van der Waals surface area contributed by atoms with Crippen molar-refractivity contribution in [3.05, 3.63) is 94.4 Å². The van der Waals surface area contributed by atoms with Crippen molar-refractivity contribution in [2.75, 3.05) is 27.3 Å². The highest BCUT2D eigenvalue weighted by molar-refractivity contribution is 6.01. The van der Waals surface area contributed by atoms with E-state index in [-0.39, 0.29) is 31.9 Å². The Morgan fingerprint density at radius 3 is 2.23 bits per heavy atom. The first kappa shape index (κ1) is 29.2. The van der Waals surface area contributed by atoms with Gasteiger partial charge in [0.25, 0.3) is 5.56 Å². The molecule has 0 atom stereocenters. The van der Waals surface area contributed by atoms with E-state index < -0.39 is 11.9 Å². The maximum Gasteiger partial charge on any atom is 0.320 e. The summed E-state index contributed by atoms with van der Waals surface area (Å²) in [5.74, 6) is 0.146. The number of ether oxygens (including phenoxy) is 4. The minimum atomic E-state index is -0.610. The van der Waals surface area contributed by atoms with E-state index in [0.29, 0.717) is 45.1 Å². The maximum absolute atomic E-state index is 13.1. The first-order valence-electron chi connectivity index (χ1n) is 13.4. The fraction of sp³-hybridized carbons (Fsp3) is 0.188. The first-order valence-corrected chi connectivity index (χ1v) is 13.4. The molecular weight excluding hydrogens is 552 g/mol. The number of hydrogen-bond donors (Lipinski definition) is 2. The van der Waals surface area contributed by atoms with Crippen LogP contribution in [0.25, 0.3) is 38.6 Å². The Balaban J connectivity index is 1.81. The molecule has 2 heterocycles. The van der Waals surface area contributed by atoms with E-state index in [1.165, 1.54) is 24.9 Å². The van der Waals surface area contributed by atoms with Gasteiger partial charge in [-0.05, 0) is 75.3 Å². The minimum absolute atomic E-state index is 0.135. The zero-order valence-corrected chi connectivity index (χ0v) is 23.7. The average molecular weight is 583 g/mol. The monoisotopic (exact) mass is 582 g/mol. The number of rotatable bonds is 10. The molecule has 43 heavy (non-hydrogen) atoms. The summed E-state index contributed by atoms with van der Waals surface area (Å²) in [5.41, 5.74) is 13.9. The Morgan fingerprint density at radius 2 is 1.51 bits per heavy atom. The number of methoxy groups -OCH3 is 2. The number of benzene rings is 3. The second-order valence-corrected chi connectivity index (χ2v) is 9.52. The van der Waals surface area contributed by atoms with Crippen LogP contribution in [0.1, 0.15) is 11.1 Å². The molecule has 5 aromatic rings. The molecule has 4 N–H and O–H groups in total. The predicted molar refractivity (Wildman–Crippen MR) is 161 cm³/mol. The van der Waals surface area contributed by atoms with Crippen LogP contribution < -0.4 is 26.5 Å². The molecule has 220 valence electrons. The van der Waals surface area contributed by atoms with Gasteiger partial charge >= 0.3 is 11.9 Å². The van der Waals surface area contributed by atoms with E-state index in [9.17, 15) is 14.4 Å². The smallest absolute Gasteiger partial charge is 0.320 e. The van der Waals surface area contributed by atoms with Crippen molar-refractivity contribution < 1.29 is 28.5 Å². The molecular formula is C32H30N4O7. The van der Waals surface area contributed by atoms with E-state index in [0.717, 1.165) is 16.2 Å². The molecule has 0 spiro atoms. The van der Waals surface area contributed by atoms with Gasteiger partial charge < -0.3 is 30.4 Å². The predicted octanol–water partition coefficient (Wildman–Crippen LogP) is 3.23. The van der Waals surface area contributed by atoms with Crippen molar-refractivity contribution in [1.29, 1.82) is 0 Å². The lowest BCUT2D eigenvalue weighted by Gasteiger charge is -2.20. The van der Waals surface area contributed by atoms with Crippen LogP contribution in [0.4, 0.5) is 0 Å². The van der Waals surface area contributed by atoms with Crippen LogP contribution >= 0.6 is 0 Å². The summed E-state index contributed by atoms with van der Waals surface area (Å²) in [6.45, 7) is -0.911. The number of aromatic nitrogens is 2. The number of carbonyl (C=O) groups excluding carboxylic acids is 2. The highest BCUT2D eigenvalue weighted by Crippen LogP contribution is 2.41. The molecule has 11 heteroatoms. The average Bonchev–Trinajstić information content (AvgIpc) is 3.04. The van der Waals surface area contributed by atoms with Crippen molar-refractivity contribution in [3.63, 3.8) is 0 Å². The van der Waals surface area contributed by atoms with E-state index in [1.54, 1.807) is 30.5 Å². The van der Waals surface area contributed by atoms with Gasteiger partial charge in [-0.1, -0.05) is 18.2 Å². The number of fused-ring (bicyclic) bond motifs is 2. The Morgan fingerprint density at radius 1 is 0.814 bits per heavy atom. The number of hydrogen-bond acceptors (Lipinski definition) is 10. The summed E-state index contributed by atoms with van der Waals surface area (Å²) >= 11 is 0. The van der Waals surface area contributed by atoms with Crippen LogP contribution in [-0.4, -0.2) is 48.8 Å². The summed E-state index contributed by atoms with van der Waals surface area (Å²) < 4.78 is 23.6. The number of para-hydroxylation sites is 1. The highest BCUT2D eigenvalue weighted by Gasteiger charge is 2.21. The molecule has 0 radical (unpaired) electrons. The first-order chi connectivity index (χ1) is 20.9. The van der Waals surface area contributed by atoms with Gasteiger partial charge in [0.1, 0.15) is 19.0 Å². The van der Waals surface area contributed by atoms with Gasteiger partial charge in [0.2, 0.25) is 0 Å². The van der Waals surface area contributed by atoms with E-state index >= 15 is 0 Å². The number of nitrogens with two attached hydrogens (primary N) is 2. The van der Waals surface area contributed by atoms with E-state index in [1.807, 2.05) is 36.4 Å². The summed E-state index contributed by atoms with van der Waals surface area (Å²) in [5, 5.41) is 2.34. The SMILES string of the molecule is COc1cc2cc(COC(=O)CN)c(COC(=O)CN)c(-c3ccnc(-n4c(=O)ccc5ccccc54)c3)c2cc1OC. The lowest BCUT2D eigenvalue weighted by Crippen LogP contribution is -2.19. The number of pyridine rings is 2. The quantitative estimate of drug-likeness (QED) is 0.234. The van der Waals surface area contributed by atoms with Crippen molar-refractivity contribution in [2.24, 2.45) is 11.5 Å². The number of esters is 2. The standard InChI is InChI=1S/C32H30N4O7/c1-40-26-12-21-11-22(17-42-30(38)15-33)24(18-43-31(39)16-34)32(23(21)14-27(26)41-2)20-9-10-35-28(13-20)36-25-6-4-3-5-19(25)7-8-29(36)37/h3-14H,15-18,33-34H2,1-2H3. The van der Waals surface area contributed by atoms with Gasteiger partial charge in [-0.25, -0.2) is 4.98 Å². The number of carbonyl (C=O) groups is 2. The van der Waals surface area contributed by atoms with Crippen LogP contribution in [0.3, 0.4) is 0 Å². The molecule has 2 aromatic heterocycles. The summed E-state index contributed by atoms with van der Waals surface area (Å²) in [6, 6.07) is 19.8. The van der Waals surface area contributed by atoms with Crippen molar-refractivity contribution >= 4 is 33.6 Å². The molecule has 0 bridgehead atoms. The summed E-state index contributed by atoms with van der Waals surface area (Å²) in [7, 11) is 3.07. The Labute approximate surface area is 246 Å². The normalized spacial score (nSPS) is 11.0. The van der Waals surface area contributed by atoms with Crippen molar-refractivity contribution in [3.8, 4) is 28.4 Å². The lowest BCUT2D eigenvalue weighted by molar-refractivity contribution is -0.144. The Kier molecular flexibility index (Phi) is 8.65. The van der Waals surface area contributed by atoms with Crippen LogP contribution in [0.5, 0.6) is 11.5 Å². The fourth-order valence-corrected chi connectivity index (χ4v) is 5.00. The van der Waals surface area contributed by atoms with Crippen molar-refractivity contribution in [2.45, 2.75) is 13.2 Å². The molecule has 0 amide bonds. The molecule has 3 aromatic carbocycles. The molecule has 0 aliphatic heterocycles. The second kappa shape index (κ2) is 12.7. The van der Waals surface area contributed by atoms with Gasteiger partial charge in [-0.3, -0.25) is 19.0 Å². The van der Waals surface area contributed by atoms with Gasteiger partial charge in [0.15, 0.2) is 11.5 Å². The van der Waals surface area contributed by atoms with Crippen LogP contribution in [-0.2, 0) is 32.3 Å². The molecule has 0 saturated carbocycles. The Hall–Kier alpha value is -5.26. The summed E-state index contributed by atoms with van der Waals surface area (Å²) in [6.07, 6.45) is 1.60. The second-order valence-electron chi connectivity index (χ2n) is 9.52. The van der Waals surface area contributed by atoms with E-state index in [4.69, 9.17) is 30.4 Å². The van der Waals surface area contributed by atoms with E-state index in [2.05, 4.69) is 4.98 Å². The van der Waals surface area contributed by atoms with Crippen molar-refractivity contribution in [1.82, 2.24) is 9.55 Å². The third-order valence-electron chi connectivity index (χ3n) is 7.01. The topological polar surface area (TPSA) is 158 Å². The van der Waals surface area contributed by atoms with Crippen LogP contribution in [0.2, 0.25) is 0 Å². The highest BCUT2D eigenvalue weighted by atomic mass is 16.5. The zero-order chi connectivity index (χ0) is 30.5. The van der Waals surface area contributed by atoms with Gasteiger partial charge in [0, 0.05) is 17.8 Å². The third kappa shape index (κ3) is 5.89. The largest absolute Gasteiger partial charge is 0.493 e. The Bertz CT molecular complexity index is 1900. The zero-order valence-electron chi connectivity index (χ0n) is 23.7. The van der Waals surface area contributed by atoms with Gasteiger partial charge in [-0.15, -0.1) is 0 Å². The molecule has 11 nitrogen and oxygen atoms in total. The molecule has 0 unspecified atom stereocenters. The van der Waals surface area contributed by atoms with Gasteiger partial charge in [0.05, 0.1) is 32.8 Å². The van der Waals surface area contributed by atoms with Crippen LogP contribution in [0, 0.1) is 0 Å². The number of nitrogens with zero attached hydrogens (tertiary/aromatic N) is 2. The molecule has 5 rings (SSSR count). The molecule has 0 fully saturated rings. The molecule has 0 saturated heterocycles.